The van der Waals surface area contributed by atoms with E-state index >= 15 is 0 Å². The van der Waals surface area contributed by atoms with Crippen molar-refractivity contribution in [3.8, 4) is 5.69 Å². The number of ketones is 2. The van der Waals surface area contributed by atoms with Crippen LogP contribution in [0, 0.1) is 0 Å². The number of hydrogen-bond acceptors (Lipinski definition) is 5. The lowest BCUT2D eigenvalue weighted by Gasteiger charge is -2.05. The number of para-hydroxylation sites is 1. The number of carbonyl (C=O) groups is 2. The molecule has 0 spiro atoms. The molecule has 0 aliphatic heterocycles. The van der Waals surface area contributed by atoms with E-state index in [0.717, 1.165) is 22.0 Å². The average Bonchev–Trinajstić information content (AvgIpc) is 3.57. The number of oxazole rings is 1. The number of fused-ring (bicyclic) bond motifs is 3. The maximum absolute atomic E-state index is 13.4. The molecule has 2 heterocycles. The second-order valence-corrected chi connectivity index (χ2v) is 9.03. The number of aromatic nitrogens is 3. The fourth-order valence-corrected chi connectivity index (χ4v) is 4.80. The molecule has 0 amide bonds. The Hall–Kier alpha value is -5.36. The van der Waals surface area contributed by atoms with E-state index in [2.05, 4.69) is 9.97 Å². The predicted molar refractivity (Wildman–Crippen MR) is 147 cm³/mol. The number of hydrogen-bond donors (Lipinski definition) is 0. The Bertz CT molecular complexity index is 1890. The van der Waals surface area contributed by atoms with E-state index in [1.54, 1.807) is 28.9 Å². The van der Waals surface area contributed by atoms with Crippen molar-refractivity contribution in [2.24, 2.45) is 0 Å². The van der Waals surface area contributed by atoms with Crippen LogP contribution in [0.1, 0.15) is 38.0 Å². The lowest BCUT2D eigenvalue weighted by Crippen LogP contribution is -2.04. The van der Waals surface area contributed by atoms with Crippen molar-refractivity contribution in [3.05, 3.63) is 131 Å². The number of nitrogens with zero attached hydrogens (tertiary/aromatic N) is 3. The zero-order valence-corrected chi connectivity index (χ0v) is 20.0. The molecule has 38 heavy (non-hydrogen) atoms. The summed E-state index contributed by atoms with van der Waals surface area (Å²) in [5.41, 5.74) is 3.51. The highest BCUT2D eigenvalue weighted by Gasteiger charge is 2.34. The van der Waals surface area contributed by atoms with Crippen LogP contribution in [0.3, 0.4) is 0 Å². The predicted octanol–water partition coefficient (Wildman–Crippen LogP) is 6.80. The van der Waals surface area contributed by atoms with Gasteiger partial charge in [0.2, 0.25) is 11.5 Å². The SMILES string of the molecule is O=C1C(=Cc2nc3oc(/C=C/c4ccccc4)nc3n2-c2ccccc2)C(=O)c2cc3ccccc3cc21. The van der Waals surface area contributed by atoms with Gasteiger partial charge in [0.05, 0.1) is 5.57 Å². The summed E-state index contributed by atoms with van der Waals surface area (Å²) < 4.78 is 7.73. The molecule has 0 radical (unpaired) electrons. The van der Waals surface area contributed by atoms with E-state index in [-0.39, 0.29) is 17.1 Å². The highest BCUT2D eigenvalue weighted by molar-refractivity contribution is 6.42. The topological polar surface area (TPSA) is 78.0 Å². The van der Waals surface area contributed by atoms with Crippen LogP contribution in [0.5, 0.6) is 0 Å². The molecule has 4 aromatic carbocycles. The van der Waals surface area contributed by atoms with Crippen molar-refractivity contribution in [1.29, 1.82) is 0 Å². The van der Waals surface area contributed by atoms with E-state index in [0.29, 0.717) is 34.2 Å². The lowest BCUT2D eigenvalue weighted by molar-refractivity contribution is 0.0990. The molecule has 180 valence electrons. The third kappa shape index (κ3) is 3.59. The standard InChI is InChI=1S/C32H19N3O3/c36-29-24-17-21-11-7-8-12-22(21)18-25(24)30(37)26(29)19-27-33-32-31(35(27)23-13-5-2-6-14-23)34-28(38-32)16-15-20-9-3-1-4-10-20/h1-19H/b16-15+. The summed E-state index contributed by atoms with van der Waals surface area (Å²) in [6, 6.07) is 30.7. The van der Waals surface area contributed by atoms with E-state index in [9.17, 15) is 9.59 Å². The van der Waals surface area contributed by atoms with Crippen LogP contribution in [0.2, 0.25) is 0 Å². The van der Waals surface area contributed by atoms with Crippen LogP contribution in [0.15, 0.2) is 107 Å². The van der Waals surface area contributed by atoms with Gasteiger partial charge in [-0.2, -0.15) is 9.97 Å². The number of carbonyl (C=O) groups excluding carboxylic acids is 2. The first kappa shape index (κ1) is 21.9. The minimum absolute atomic E-state index is 0.0735. The van der Waals surface area contributed by atoms with Gasteiger partial charge in [0.15, 0.2) is 11.6 Å². The smallest absolute Gasteiger partial charge is 0.267 e. The zero-order valence-electron chi connectivity index (χ0n) is 20.0. The average molecular weight is 494 g/mol. The van der Waals surface area contributed by atoms with Crippen molar-refractivity contribution in [3.63, 3.8) is 0 Å². The largest absolute Gasteiger partial charge is 0.417 e. The van der Waals surface area contributed by atoms with Crippen molar-refractivity contribution < 1.29 is 14.0 Å². The third-order valence-corrected chi connectivity index (χ3v) is 6.64. The van der Waals surface area contributed by atoms with Crippen LogP contribution < -0.4 is 0 Å². The number of imidazole rings is 1. The summed E-state index contributed by atoms with van der Waals surface area (Å²) in [4.78, 5) is 36.0. The molecular formula is C32H19N3O3. The lowest BCUT2D eigenvalue weighted by atomic mass is 10.0. The van der Waals surface area contributed by atoms with Crippen molar-refractivity contribution in [1.82, 2.24) is 14.5 Å². The minimum Gasteiger partial charge on any atom is -0.417 e. The maximum Gasteiger partial charge on any atom is 0.267 e. The van der Waals surface area contributed by atoms with Crippen molar-refractivity contribution in [2.75, 3.05) is 0 Å². The number of benzene rings is 4. The molecule has 0 atom stereocenters. The van der Waals surface area contributed by atoms with Crippen LogP contribution in [0.25, 0.3) is 46.0 Å². The molecule has 0 unspecified atom stereocenters. The van der Waals surface area contributed by atoms with E-state index in [4.69, 9.17) is 4.42 Å². The molecule has 6 heteroatoms. The van der Waals surface area contributed by atoms with Gasteiger partial charge in [0, 0.05) is 22.9 Å². The molecule has 0 saturated carbocycles. The Morgan fingerprint density at radius 1 is 0.684 bits per heavy atom. The summed E-state index contributed by atoms with van der Waals surface area (Å²) in [5.74, 6) is 0.177. The van der Waals surface area contributed by atoms with Gasteiger partial charge in [0.1, 0.15) is 5.82 Å². The molecule has 6 nitrogen and oxygen atoms in total. The van der Waals surface area contributed by atoms with Crippen molar-refractivity contribution in [2.45, 2.75) is 0 Å². The second-order valence-electron chi connectivity index (χ2n) is 9.03. The van der Waals surface area contributed by atoms with Crippen LogP contribution >= 0.6 is 0 Å². The highest BCUT2D eigenvalue weighted by atomic mass is 16.4. The van der Waals surface area contributed by atoms with Gasteiger partial charge in [-0.1, -0.05) is 72.8 Å². The minimum atomic E-state index is -0.311. The number of Topliss-reactive ketones (excluding diaryl/α,β-unsaturated/α-hetero) is 2. The Morgan fingerprint density at radius 3 is 1.95 bits per heavy atom. The molecule has 7 rings (SSSR count). The summed E-state index contributed by atoms with van der Waals surface area (Å²) in [5, 5.41) is 1.83. The van der Waals surface area contributed by atoms with Gasteiger partial charge in [-0.3, -0.25) is 14.2 Å². The number of rotatable bonds is 4. The molecular weight excluding hydrogens is 474 g/mol. The normalized spacial score (nSPS) is 13.2. The fourth-order valence-electron chi connectivity index (χ4n) is 4.80. The quantitative estimate of drug-likeness (QED) is 0.199. The first-order chi connectivity index (χ1) is 18.7. The van der Waals surface area contributed by atoms with Gasteiger partial charge < -0.3 is 4.42 Å². The van der Waals surface area contributed by atoms with E-state index in [1.165, 1.54) is 0 Å². The fraction of sp³-hybridized carbons (Fsp3) is 0. The molecule has 6 aromatic rings. The Balaban J connectivity index is 1.34. The monoisotopic (exact) mass is 493 g/mol. The van der Waals surface area contributed by atoms with Gasteiger partial charge in [-0.05, 0) is 52.8 Å². The molecule has 0 saturated heterocycles. The third-order valence-electron chi connectivity index (χ3n) is 6.64. The van der Waals surface area contributed by atoms with Gasteiger partial charge >= 0.3 is 0 Å². The van der Waals surface area contributed by atoms with E-state index < -0.39 is 0 Å². The Kier molecular flexibility index (Phi) is 4.97. The summed E-state index contributed by atoms with van der Waals surface area (Å²) in [6.45, 7) is 0. The number of allylic oxidation sites excluding steroid dienone is 1. The van der Waals surface area contributed by atoms with Crippen molar-refractivity contribution >= 4 is 51.9 Å². The molecule has 0 N–H and O–H groups in total. The molecule has 0 fully saturated rings. The Morgan fingerprint density at radius 2 is 1.29 bits per heavy atom. The first-order valence-corrected chi connectivity index (χ1v) is 12.2. The molecule has 2 aromatic heterocycles. The summed E-state index contributed by atoms with van der Waals surface area (Å²) in [7, 11) is 0. The summed E-state index contributed by atoms with van der Waals surface area (Å²) in [6.07, 6.45) is 5.24. The van der Waals surface area contributed by atoms with Gasteiger partial charge in [0.25, 0.3) is 5.71 Å². The van der Waals surface area contributed by atoms with E-state index in [1.807, 2.05) is 91.0 Å². The zero-order chi connectivity index (χ0) is 25.6. The first-order valence-electron chi connectivity index (χ1n) is 12.2. The summed E-state index contributed by atoms with van der Waals surface area (Å²) >= 11 is 0. The maximum atomic E-state index is 13.4. The van der Waals surface area contributed by atoms with Crippen LogP contribution in [-0.4, -0.2) is 26.1 Å². The molecule has 0 bridgehead atoms. The van der Waals surface area contributed by atoms with Crippen LogP contribution in [0.4, 0.5) is 0 Å². The van der Waals surface area contributed by atoms with Gasteiger partial charge in [-0.15, -0.1) is 0 Å². The van der Waals surface area contributed by atoms with Gasteiger partial charge in [-0.25, -0.2) is 0 Å². The second kappa shape index (κ2) is 8.64. The molecule has 1 aliphatic carbocycles. The van der Waals surface area contributed by atoms with Crippen LogP contribution in [-0.2, 0) is 0 Å². The Labute approximate surface area is 217 Å². The molecule has 1 aliphatic rings. The highest BCUT2D eigenvalue weighted by Crippen LogP contribution is 2.33.